The van der Waals surface area contributed by atoms with Gasteiger partial charge in [0.15, 0.2) is 0 Å². The molecule has 0 saturated heterocycles. The van der Waals surface area contributed by atoms with E-state index in [9.17, 15) is 14.0 Å². The van der Waals surface area contributed by atoms with Crippen LogP contribution in [0, 0.1) is 17.1 Å². The van der Waals surface area contributed by atoms with Gasteiger partial charge in [-0.1, -0.05) is 11.8 Å². The van der Waals surface area contributed by atoms with Crippen LogP contribution in [0.25, 0.3) is 0 Å². The number of thiocarbonyl (C=S) groups is 1. The Kier molecular flexibility index (Phi) is 9.62. The third kappa shape index (κ3) is 6.98. The summed E-state index contributed by atoms with van der Waals surface area (Å²) in [6, 6.07) is 6.87. The topological polar surface area (TPSA) is 79.6 Å². The van der Waals surface area contributed by atoms with Crippen molar-refractivity contribution in [3.63, 3.8) is 0 Å². The molecule has 1 aromatic rings. The number of methoxy groups -OCH3 is 1. The van der Waals surface area contributed by atoms with Gasteiger partial charge in [-0.25, -0.2) is 14.1 Å². The van der Waals surface area contributed by atoms with E-state index in [0.717, 1.165) is 24.1 Å². The fraction of sp³-hybridized carbons (Fsp3) is 0.412. The molecule has 0 bridgehead atoms. The van der Waals surface area contributed by atoms with Gasteiger partial charge in [0.05, 0.1) is 19.8 Å². The highest BCUT2D eigenvalue weighted by molar-refractivity contribution is 8.23. The summed E-state index contributed by atoms with van der Waals surface area (Å²) in [6.07, 6.45) is -0.214. The van der Waals surface area contributed by atoms with Crippen LogP contribution in [0.3, 0.4) is 0 Å². The van der Waals surface area contributed by atoms with E-state index >= 15 is 0 Å². The molecule has 0 fully saturated rings. The van der Waals surface area contributed by atoms with E-state index in [1.807, 2.05) is 6.07 Å². The summed E-state index contributed by atoms with van der Waals surface area (Å²) in [7, 11) is 1.16. The van der Waals surface area contributed by atoms with Gasteiger partial charge in [-0.15, -0.1) is 0 Å². The van der Waals surface area contributed by atoms with Gasteiger partial charge in [-0.2, -0.15) is 5.26 Å². The molecule has 0 aliphatic carbocycles. The summed E-state index contributed by atoms with van der Waals surface area (Å²) < 4.78 is 23.3. The van der Waals surface area contributed by atoms with E-state index in [1.54, 1.807) is 6.92 Å². The van der Waals surface area contributed by atoms with Crippen molar-refractivity contribution in [2.24, 2.45) is 0 Å². The number of carbonyl (C=O) groups is 2. The molecule has 0 aliphatic heterocycles. The van der Waals surface area contributed by atoms with Crippen LogP contribution in [0.15, 0.2) is 24.3 Å². The van der Waals surface area contributed by atoms with Gasteiger partial charge in [0.2, 0.25) is 4.38 Å². The molecule has 0 aliphatic rings. The number of carbonyl (C=O) groups excluding carboxylic acids is 2. The first-order valence-corrected chi connectivity index (χ1v) is 9.07. The molecule has 1 aromatic carbocycles. The van der Waals surface area contributed by atoms with Crippen molar-refractivity contribution in [3.05, 3.63) is 35.6 Å². The van der Waals surface area contributed by atoms with Crippen LogP contribution in [0.5, 0.6) is 0 Å². The van der Waals surface area contributed by atoms with Crippen LogP contribution in [0.4, 0.5) is 9.18 Å². The SMILES string of the molecule is CCOC(=S)SC(CCC#N)CN(C(=O)OC)C(=O)c1ccc(F)cc1. The standard InChI is InChI=1S/C17H19FN2O4S2/c1-3-24-17(25)26-14(5-4-10-19)11-20(16(22)23-2)15(21)12-6-8-13(18)9-7-12/h6-9,14H,3-5,11H2,1-2H3. The summed E-state index contributed by atoms with van der Waals surface area (Å²) >= 11 is 6.27. The number of amides is 2. The molecular formula is C17H19FN2O4S2. The van der Waals surface area contributed by atoms with E-state index in [-0.39, 0.29) is 28.2 Å². The molecule has 9 heteroatoms. The summed E-state index contributed by atoms with van der Waals surface area (Å²) in [5.41, 5.74) is 0.146. The van der Waals surface area contributed by atoms with Crippen LogP contribution in [0.1, 0.15) is 30.1 Å². The highest BCUT2D eigenvalue weighted by Crippen LogP contribution is 2.22. The van der Waals surface area contributed by atoms with Gasteiger partial charge in [0, 0.05) is 23.8 Å². The van der Waals surface area contributed by atoms with E-state index < -0.39 is 17.8 Å². The molecule has 0 saturated carbocycles. The minimum atomic E-state index is -0.843. The molecule has 140 valence electrons. The zero-order chi connectivity index (χ0) is 19.5. The van der Waals surface area contributed by atoms with Crippen molar-refractivity contribution in [2.45, 2.75) is 25.0 Å². The number of nitriles is 1. The van der Waals surface area contributed by atoms with Gasteiger partial charge in [0.25, 0.3) is 5.91 Å². The van der Waals surface area contributed by atoms with E-state index in [1.165, 1.54) is 23.9 Å². The number of benzene rings is 1. The van der Waals surface area contributed by atoms with Crippen molar-refractivity contribution in [1.82, 2.24) is 4.90 Å². The Morgan fingerprint density at radius 2 is 2.04 bits per heavy atom. The lowest BCUT2D eigenvalue weighted by Crippen LogP contribution is -2.41. The smallest absolute Gasteiger partial charge is 0.416 e. The molecule has 0 N–H and O–H groups in total. The molecule has 1 atom stereocenters. The molecule has 0 aromatic heterocycles. The second-order valence-electron chi connectivity index (χ2n) is 5.01. The lowest BCUT2D eigenvalue weighted by atomic mass is 10.2. The number of hydrogen-bond donors (Lipinski definition) is 0. The number of rotatable bonds is 7. The highest BCUT2D eigenvalue weighted by Gasteiger charge is 2.28. The molecule has 26 heavy (non-hydrogen) atoms. The monoisotopic (exact) mass is 398 g/mol. The number of thioether (sulfide) groups is 1. The van der Waals surface area contributed by atoms with Crippen LogP contribution >= 0.6 is 24.0 Å². The highest BCUT2D eigenvalue weighted by atomic mass is 32.2. The molecule has 0 radical (unpaired) electrons. The number of imide groups is 1. The average molecular weight is 398 g/mol. The summed E-state index contributed by atoms with van der Waals surface area (Å²) in [4.78, 5) is 25.6. The molecule has 0 heterocycles. The van der Waals surface area contributed by atoms with E-state index in [2.05, 4.69) is 0 Å². The number of halogens is 1. The van der Waals surface area contributed by atoms with Crippen LogP contribution in [-0.4, -0.2) is 46.8 Å². The van der Waals surface area contributed by atoms with Crippen LogP contribution in [0.2, 0.25) is 0 Å². The van der Waals surface area contributed by atoms with Crippen molar-refractivity contribution in [3.8, 4) is 6.07 Å². The molecule has 0 spiro atoms. The van der Waals surface area contributed by atoms with Gasteiger partial charge in [-0.05, 0) is 49.8 Å². The van der Waals surface area contributed by atoms with Gasteiger partial charge in [-0.3, -0.25) is 4.79 Å². The van der Waals surface area contributed by atoms with E-state index in [4.69, 9.17) is 27.0 Å². The lowest BCUT2D eigenvalue weighted by Gasteiger charge is -2.24. The van der Waals surface area contributed by atoms with Gasteiger partial charge < -0.3 is 9.47 Å². The van der Waals surface area contributed by atoms with Gasteiger partial charge >= 0.3 is 6.09 Å². The Balaban J connectivity index is 2.98. The Labute approximate surface area is 161 Å². The third-order valence-electron chi connectivity index (χ3n) is 3.22. The van der Waals surface area contributed by atoms with Crippen molar-refractivity contribution >= 4 is 40.4 Å². The van der Waals surface area contributed by atoms with Crippen molar-refractivity contribution in [2.75, 3.05) is 20.3 Å². The lowest BCUT2D eigenvalue weighted by molar-refractivity contribution is 0.0706. The summed E-state index contributed by atoms with van der Waals surface area (Å²) in [5, 5.41) is 8.49. The maximum atomic E-state index is 13.1. The zero-order valence-corrected chi connectivity index (χ0v) is 16.1. The minimum Gasteiger partial charge on any atom is -0.479 e. The van der Waals surface area contributed by atoms with Crippen LogP contribution in [-0.2, 0) is 9.47 Å². The Bertz CT molecular complexity index is 676. The quantitative estimate of drug-likeness (QED) is 0.647. The second kappa shape index (κ2) is 11.4. The summed E-state index contributed by atoms with van der Waals surface area (Å²) in [5.74, 6) is -1.11. The molecule has 1 unspecified atom stereocenters. The Morgan fingerprint density at radius 1 is 1.38 bits per heavy atom. The minimum absolute atomic E-state index is 0.0254. The first-order valence-electron chi connectivity index (χ1n) is 7.78. The largest absolute Gasteiger partial charge is 0.479 e. The van der Waals surface area contributed by atoms with Crippen LogP contribution < -0.4 is 0 Å². The molecule has 6 nitrogen and oxygen atoms in total. The van der Waals surface area contributed by atoms with Crippen molar-refractivity contribution in [1.29, 1.82) is 5.26 Å². The Morgan fingerprint density at radius 3 is 2.58 bits per heavy atom. The average Bonchev–Trinajstić information content (AvgIpc) is 2.63. The zero-order valence-electron chi connectivity index (χ0n) is 14.4. The number of hydrogen-bond acceptors (Lipinski definition) is 7. The number of nitrogens with zero attached hydrogens (tertiary/aromatic N) is 2. The predicted octanol–water partition coefficient (Wildman–Crippen LogP) is 3.76. The number of ether oxygens (including phenoxy) is 2. The summed E-state index contributed by atoms with van der Waals surface area (Å²) in [6.45, 7) is 2.16. The second-order valence-corrected chi connectivity index (χ2v) is 6.91. The molecular weight excluding hydrogens is 379 g/mol. The maximum Gasteiger partial charge on any atom is 0.416 e. The first-order chi connectivity index (χ1) is 12.4. The maximum absolute atomic E-state index is 13.1. The van der Waals surface area contributed by atoms with E-state index in [0.29, 0.717) is 13.0 Å². The first kappa shape index (κ1) is 21.9. The Hall–Kier alpha value is -2.18. The normalized spacial score (nSPS) is 11.2. The third-order valence-corrected chi connectivity index (χ3v) is 4.66. The fourth-order valence-corrected chi connectivity index (χ4v) is 3.45. The van der Waals surface area contributed by atoms with Crippen molar-refractivity contribution < 1.29 is 23.5 Å². The molecule has 2 amide bonds. The predicted molar refractivity (Wildman–Crippen MR) is 100 cm³/mol. The van der Waals surface area contributed by atoms with Gasteiger partial charge in [0.1, 0.15) is 5.82 Å². The fourth-order valence-electron chi connectivity index (χ4n) is 2.00. The molecule has 1 rings (SSSR count).